The average molecular weight is 390 g/mol. The Labute approximate surface area is 168 Å². The number of rotatable bonds is 10. The van der Waals surface area contributed by atoms with E-state index < -0.39 is 10.2 Å². The van der Waals surface area contributed by atoms with E-state index in [1.54, 1.807) is 0 Å². The predicted octanol–water partition coefficient (Wildman–Crippen LogP) is 6.84. The van der Waals surface area contributed by atoms with Crippen molar-refractivity contribution in [3.05, 3.63) is 47.3 Å². The molecule has 1 heterocycles. The summed E-state index contributed by atoms with van der Waals surface area (Å²) in [6.45, 7) is 18.6. The second kappa shape index (κ2) is 10.8. The van der Waals surface area contributed by atoms with Gasteiger partial charge < -0.3 is 0 Å². The van der Waals surface area contributed by atoms with Gasteiger partial charge in [-0.05, 0) is 71.0 Å². The Balaban J connectivity index is 2.92. The zero-order chi connectivity index (χ0) is 20.6. The van der Waals surface area contributed by atoms with Crippen LogP contribution in [0, 0.1) is 0 Å². The van der Waals surface area contributed by atoms with Gasteiger partial charge in [-0.2, -0.15) is 10.2 Å². The van der Waals surface area contributed by atoms with E-state index in [2.05, 4.69) is 53.2 Å². The Kier molecular flexibility index (Phi) is 9.48. The fourth-order valence-electron chi connectivity index (χ4n) is 3.16. The SMILES string of the molecule is C=C(C)CCCS(C)(N)C1=NC(C(C)=N/C(C)=C(/CCCC)C(=C)C)=CC1. The van der Waals surface area contributed by atoms with E-state index in [4.69, 9.17) is 15.1 Å². The van der Waals surface area contributed by atoms with Gasteiger partial charge in [0.15, 0.2) is 0 Å². The normalized spacial score (nSPS) is 19.0. The number of nitrogens with two attached hydrogens (primary N) is 1. The predicted molar refractivity (Wildman–Crippen MR) is 127 cm³/mol. The lowest BCUT2D eigenvalue weighted by Crippen LogP contribution is -2.21. The Morgan fingerprint density at radius 1 is 1.19 bits per heavy atom. The summed E-state index contributed by atoms with van der Waals surface area (Å²) < 4.78 is 0. The first-order chi connectivity index (χ1) is 12.6. The summed E-state index contributed by atoms with van der Waals surface area (Å²) in [4.78, 5) is 9.72. The van der Waals surface area contributed by atoms with E-state index in [0.29, 0.717) is 0 Å². The van der Waals surface area contributed by atoms with Gasteiger partial charge in [-0.3, -0.25) is 10.1 Å². The van der Waals surface area contributed by atoms with Gasteiger partial charge in [0.2, 0.25) is 0 Å². The van der Waals surface area contributed by atoms with Crippen molar-refractivity contribution >= 4 is 21.0 Å². The topological polar surface area (TPSA) is 50.7 Å². The molecule has 2 N–H and O–H groups in total. The van der Waals surface area contributed by atoms with Crippen LogP contribution in [0.25, 0.3) is 0 Å². The van der Waals surface area contributed by atoms with Crippen LogP contribution in [0.15, 0.2) is 57.3 Å². The van der Waals surface area contributed by atoms with Gasteiger partial charge in [0, 0.05) is 12.1 Å². The van der Waals surface area contributed by atoms with Crippen LogP contribution >= 0.6 is 10.2 Å². The molecule has 1 unspecified atom stereocenters. The minimum atomic E-state index is -1.32. The number of hydrogen-bond acceptors (Lipinski definition) is 3. The Hall–Kier alpha value is -1.39. The molecule has 0 fully saturated rings. The molecule has 0 aromatic rings. The summed E-state index contributed by atoms with van der Waals surface area (Å²) >= 11 is 0. The zero-order valence-electron chi connectivity index (χ0n) is 18.3. The van der Waals surface area contributed by atoms with Crippen LogP contribution in [0.5, 0.6) is 0 Å². The molecule has 0 saturated heterocycles. The van der Waals surface area contributed by atoms with E-state index in [1.807, 2.05) is 6.92 Å². The molecule has 3 nitrogen and oxygen atoms in total. The summed E-state index contributed by atoms with van der Waals surface area (Å²) in [5.74, 6) is 1.01. The lowest BCUT2D eigenvalue weighted by Gasteiger charge is -2.31. The molecule has 4 heteroatoms. The number of aliphatic imine (C=N–C) groups is 2. The maximum atomic E-state index is 6.64. The van der Waals surface area contributed by atoms with Crippen LogP contribution in [0.1, 0.15) is 73.1 Å². The van der Waals surface area contributed by atoms with Crippen molar-refractivity contribution in [3.63, 3.8) is 0 Å². The fourth-order valence-corrected chi connectivity index (χ4v) is 4.91. The minimum absolute atomic E-state index is 0.851. The molecule has 0 spiro atoms. The van der Waals surface area contributed by atoms with Crippen molar-refractivity contribution < 1.29 is 0 Å². The molecule has 1 aliphatic rings. The van der Waals surface area contributed by atoms with Crippen LogP contribution < -0.4 is 5.14 Å². The van der Waals surface area contributed by atoms with Gasteiger partial charge in [-0.15, -0.1) is 6.58 Å². The minimum Gasteiger partial charge on any atom is -0.290 e. The summed E-state index contributed by atoms with van der Waals surface area (Å²) in [6, 6.07) is 0. The highest BCUT2D eigenvalue weighted by Gasteiger charge is 2.23. The highest BCUT2D eigenvalue weighted by atomic mass is 32.3. The molecular weight excluding hydrogens is 350 g/mol. The smallest absolute Gasteiger partial charge is 0.0815 e. The second-order valence-electron chi connectivity index (χ2n) is 7.87. The van der Waals surface area contributed by atoms with Crippen molar-refractivity contribution in [2.75, 3.05) is 12.0 Å². The van der Waals surface area contributed by atoms with Gasteiger partial charge in [-0.1, -0.05) is 37.1 Å². The molecule has 0 radical (unpaired) electrons. The first kappa shape index (κ1) is 23.6. The molecule has 1 aliphatic heterocycles. The van der Waals surface area contributed by atoms with Gasteiger partial charge in [0.25, 0.3) is 0 Å². The third-order valence-electron chi connectivity index (χ3n) is 4.86. The quantitative estimate of drug-likeness (QED) is 0.248. The molecule has 1 rings (SSSR count). The summed E-state index contributed by atoms with van der Waals surface area (Å²) in [6.07, 6.45) is 10.7. The van der Waals surface area contributed by atoms with Gasteiger partial charge in [0.1, 0.15) is 0 Å². The van der Waals surface area contributed by atoms with E-state index in [1.165, 1.54) is 17.6 Å². The molecule has 0 aromatic heterocycles. The van der Waals surface area contributed by atoms with Crippen LogP contribution in [0.3, 0.4) is 0 Å². The third-order valence-corrected chi connectivity index (χ3v) is 7.33. The average Bonchev–Trinajstić information content (AvgIpc) is 3.05. The number of nitrogens with zero attached hydrogens (tertiary/aromatic N) is 2. The third kappa shape index (κ3) is 7.63. The molecule has 0 amide bonds. The molecule has 0 aliphatic carbocycles. The Morgan fingerprint density at radius 3 is 2.41 bits per heavy atom. The molecule has 1 atom stereocenters. The summed E-state index contributed by atoms with van der Waals surface area (Å²) in [7, 11) is -1.32. The largest absolute Gasteiger partial charge is 0.290 e. The summed E-state index contributed by atoms with van der Waals surface area (Å²) in [5.41, 5.74) is 6.60. The summed E-state index contributed by atoms with van der Waals surface area (Å²) in [5, 5.41) is 7.78. The molecule has 152 valence electrons. The lowest BCUT2D eigenvalue weighted by molar-refractivity contribution is 0.784. The monoisotopic (exact) mass is 389 g/mol. The second-order valence-corrected chi connectivity index (χ2v) is 11.1. The van der Waals surface area contributed by atoms with E-state index in [-0.39, 0.29) is 0 Å². The molecule has 0 aromatic carbocycles. The van der Waals surface area contributed by atoms with Crippen molar-refractivity contribution in [2.45, 2.75) is 73.1 Å². The van der Waals surface area contributed by atoms with Crippen molar-refractivity contribution in [3.8, 4) is 0 Å². The maximum Gasteiger partial charge on any atom is 0.0815 e. The van der Waals surface area contributed by atoms with Crippen LogP contribution in [-0.2, 0) is 0 Å². The Morgan fingerprint density at radius 2 is 1.85 bits per heavy atom. The number of allylic oxidation sites excluding steroid dienone is 6. The standard InChI is InChI=1S/C23H39N3S/c1-9-10-13-21(18(4)5)19(6)25-20(7)22-14-15-23(26-22)27(8,24)16-11-12-17(2)3/h14H,2,4,9-13,15-16,24H2,1,3,5-8H3/b21-19-,25-20?. The van der Waals surface area contributed by atoms with Gasteiger partial charge in [-0.25, -0.2) is 4.99 Å². The Bertz CT molecular complexity index is 690. The molecule has 0 bridgehead atoms. The fraction of sp³-hybridized carbons (Fsp3) is 0.565. The molecular formula is C23H39N3S. The van der Waals surface area contributed by atoms with Crippen LogP contribution in [0.2, 0.25) is 0 Å². The number of hydrogen-bond donors (Lipinski definition) is 1. The first-order valence-corrected chi connectivity index (χ1v) is 12.2. The molecule has 0 saturated carbocycles. The first-order valence-electron chi connectivity index (χ1n) is 9.95. The van der Waals surface area contributed by atoms with Crippen LogP contribution in [0.4, 0.5) is 0 Å². The van der Waals surface area contributed by atoms with E-state index in [9.17, 15) is 0 Å². The van der Waals surface area contributed by atoms with Gasteiger partial charge in [0.05, 0.1) is 16.5 Å². The lowest BCUT2D eigenvalue weighted by atomic mass is 10.0. The highest BCUT2D eigenvalue weighted by molar-refractivity contribution is 8.43. The zero-order valence-corrected chi connectivity index (χ0v) is 19.1. The van der Waals surface area contributed by atoms with E-state index in [0.717, 1.165) is 65.6 Å². The number of unbranched alkanes of at least 4 members (excludes halogenated alkanes) is 1. The maximum absolute atomic E-state index is 6.64. The van der Waals surface area contributed by atoms with E-state index >= 15 is 0 Å². The van der Waals surface area contributed by atoms with Crippen molar-refractivity contribution in [1.82, 2.24) is 0 Å². The van der Waals surface area contributed by atoms with Crippen LogP contribution in [-0.4, -0.2) is 22.8 Å². The van der Waals surface area contributed by atoms with Crippen molar-refractivity contribution in [1.29, 1.82) is 0 Å². The highest BCUT2D eigenvalue weighted by Crippen LogP contribution is 2.42. The van der Waals surface area contributed by atoms with Gasteiger partial charge >= 0.3 is 0 Å². The van der Waals surface area contributed by atoms with Crippen molar-refractivity contribution in [2.24, 2.45) is 15.1 Å². The molecule has 27 heavy (non-hydrogen) atoms.